The number of nitrogens with one attached hydrogen (secondary N) is 2. The van der Waals surface area contributed by atoms with E-state index in [-0.39, 0.29) is 24.8 Å². The van der Waals surface area contributed by atoms with Gasteiger partial charge >= 0.3 is 6.09 Å². The molecule has 1 fully saturated rings. The van der Waals surface area contributed by atoms with Gasteiger partial charge in [-0.3, -0.25) is 0 Å². The monoisotopic (exact) mass is 360 g/mol. The number of amides is 1. The second-order valence-corrected chi connectivity index (χ2v) is 6.47. The Bertz CT molecular complexity index is 718. The Morgan fingerprint density at radius 3 is 2.64 bits per heavy atom. The van der Waals surface area contributed by atoms with Gasteiger partial charge in [-0.1, -0.05) is 41.9 Å². The standard InChI is InChI=1S/C19H21ClN2O3/c1-24-16-7-8-17(20)18(11-16)21-14-9-15(10-14)22-19(23)25-12-13-5-3-2-4-6-13/h2-8,11,14-15,21H,9-10,12H2,1H3,(H,22,23). The number of carbonyl (C=O) groups is 1. The van der Waals surface area contributed by atoms with Crippen LogP contribution in [0.15, 0.2) is 48.5 Å². The summed E-state index contributed by atoms with van der Waals surface area (Å²) in [6.07, 6.45) is 1.27. The summed E-state index contributed by atoms with van der Waals surface area (Å²) in [6.45, 7) is 0.278. The van der Waals surface area contributed by atoms with E-state index >= 15 is 0 Å². The Hall–Kier alpha value is -2.40. The van der Waals surface area contributed by atoms with Crippen LogP contribution >= 0.6 is 11.6 Å². The summed E-state index contributed by atoms with van der Waals surface area (Å²) in [5.74, 6) is 0.755. The van der Waals surface area contributed by atoms with E-state index in [1.54, 1.807) is 13.2 Å². The van der Waals surface area contributed by atoms with Gasteiger partial charge in [-0.25, -0.2) is 4.79 Å². The van der Waals surface area contributed by atoms with Crippen molar-refractivity contribution in [3.8, 4) is 5.75 Å². The molecule has 132 valence electrons. The number of hydrogen-bond donors (Lipinski definition) is 2. The zero-order chi connectivity index (χ0) is 17.6. The summed E-state index contributed by atoms with van der Waals surface area (Å²) >= 11 is 6.19. The number of hydrogen-bond acceptors (Lipinski definition) is 4. The summed E-state index contributed by atoms with van der Waals surface area (Å²) in [6, 6.07) is 15.5. The van der Waals surface area contributed by atoms with Gasteiger partial charge in [0, 0.05) is 18.2 Å². The maximum Gasteiger partial charge on any atom is 0.407 e. The number of anilines is 1. The van der Waals surface area contributed by atoms with Gasteiger partial charge in [0.2, 0.25) is 0 Å². The maximum absolute atomic E-state index is 11.8. The highest BCUT2D eigenvalue weighted by atomic mass is 35.5. The van der Waals surface area contributed by atoms with Crippen molar-refractivity contribution in [1.82, 2.24) is 5.32 Å². The molecule has 0 atom stereocenters. The molecule has 6 heteroatoms. The van der Waals surface area contributed by atoms with Gasteiger partial charge in [0.25, 0.3) is 0 Å². The third-order valence-electron chi connectivity index (χ3n) is 4.21. The molecule has 0 radical (unpaired) electrons. The second-order valence-electron chi connectivity index (χ2n) is 6.06. The number of carbonyl (C=O) groups excluding carboxylic acids is 1. The first kappa shape index (κ1) is 17.4. The van der Waals surface area contributed by atoms with Gasteiger partial charge in [-0.2, -0.15) is 0 Å². The summed E-state index contributed by atoms with van der Waals surface area (Å²) in [5.41, 5.74) is 1.81. The SMILES string of the molecule is COc1ccc(Cl)c(NC2CC(NC(=O)OCc3ccccc3)C2)c1. The molecule has 5 nitrogen and oxygen atoms in total. The van der Waals surface area contributed by atoms with Crippen LogP contribution in [0.25, 0.3) is 0 Å². The Labute approximate surface area is 152 Å². The Morgan fingerprint density at radius 2 is 1.92 bits per heavy atom. The van der Waals surface area contributed by atoms with E-state index in [2.05, 4.69) is 10.6 Å². The van der Waals surface area contributed by atoms with Crippen LogP contribution in [-0.4, -0.2) is 25.3 Å². The molecule has 0 aromatic heterocycles. The van der Waals surface area contributed by atoms with E-state index in [1.807, 2.05) is 42.5 Å². The summed E-state index contributed by atoms with van der Waals surface area (Å²) in [5, 5.41) is 6.91. The van der Waals surface area contributed by atoms with Gasteiger partial charge in [0.1, 0.15) is 12.4 Å². The highest BCUT2D eigenvalue weighted by molar-refractivity contribution is 6.33. The van der Waals surface area contributed by atoms with Crippen LogP contribution in [0.3, 0.4) is 0 Å². The second kappa shape index (κ2) is 8.12. The predicted octanol–water partition coefficient (Wildman–Crippen LogP) is 4.22. The smallest absolute Gasteiger partial charge is 0.407 e. The summed E-state index contributed by atoms with van der Waals surface area (Å²) < 4.78 is 10.4. The number of rotatable bonds is 6. The van der Waals surface area contributed by atoms with E-state index in [1.165, 1.54) is 0 Å². The molecule has 0 spiro atoms. The van der Waals surface area contributed by atoms with Crippen molar-refractivity contribution in [2.45, 2.75) is 31.5 Å². The highest BCUT2D eigenvalue weighted by Gasteiger charge is 2.31. The number of methoxy groups -OCH3 is 1. The number of alkyl carbamates (subject to hydrolysis) is 1. The first-order valence-electron chi connectivity index (χ1n) is 8.21. The van der Waals surface area contributed by atoms with Crippen molar-refractivity contribution < 1.29 is 14.3 Å². The lowest BCUT2D eigenvalue weighted by molar-refractivity contribution is 0.129. The van der Waals surface area contributed by atoms with Gasteiger partial charge in [0.15, 0.2) is 0 Å². The largest absolute Gasteiger partial charge is 0.497 e. The molecule has 0 bridgehead atoms. The molecule has 1 amide bonds. The molecule has 0 unspecified atom stereocenters. The molecule has 1 saturated carbocycles. The van der Waals surface area contributed by atoms with Crippen LogP contribution < -0.4 is 15.4 Å². The minimum atomic E-state index is -0.383. The number of benzene rings is 2. The first-order valence-corrected chi connectivity index (χ1v) is 8.59. The molecule has 2 aromatic rings. The first-order chi connectivity index (χ1) is 12.1. The fraction of sp³-hybridized carbons (Fsp3) is 0.316. The molecule has 2 N–H and O–H groups in total. The molecule has 0 aliphatic heterocycles. The minimum absolute atomic E-state index is 0.116. The quantitative estimate of drug-likeness (QED) is 0.809. The van der Waals surface area contributed by atoms with Gasteiger partial charge in [-0.05, 0) is 30.5 Å². The zero-order valence-electron chi connectivity index (χ0n) is 14.0. The van der Waals surface area contributed by atoms with Crippen LogP contribution in [0.5, 0.6) is 5.75 Å². The van der Waals surface area contributed by atoms with Gasteiger partial charge < -0.3 is 20.1 Å². The maximum atomic E-state index is 11.8. The van der Waals surface area contributed by atoms with E-state index in [9.17, 15) is 4.79 Å². The van der Waals surface area contributed by atoms with Crippen molar-refractivity contribution in [2.75, 3.05) is 12.4 Å². The fourth-order valence-corrected chi connectivity index (χ4v) is 2.92. The van der Waals surface area contributed by atoms with E-state index < -0.39 is 0 Å². The predicted molar refractivity (Wildman–Crippen MR) is 98.2 cm³/mol. The van der Waals surface area contributed by atoms with Gasteiger partial charge in [0.05, 0.1) is 17.8 Å². The van der Waals surface area contributed by atoms with Crippen molar-refractivity contribution in [3.05, 3.63) is 59.1 Å². The minimum Gasteiger partial charge on any atom is -0.497 e. The fourth-order valence-electron chi connectivity index (χ4n) is 2.75. The van der Waals surface area contributed by atoms with Crippen LogP contribution in [0.4, 0.5) is 10.5 Å². The van der Waals surface area contributed by atoms with E-state index in [0.717, 1.165) is 29.8 Å². The lowest BCUT2D eigenvalue weighted by Gasteiger charge is -2.36. The average Bonchev–Trinajstić information content (AvgIpc) is 2.60. The van der Waals surface area contributed by atoms with Crippen LogP contribution in [0.1, 0.15) is 18.4 Å². The molecule has 25 heavy (non-hydrogen) atoms. The van der Waals surface area contributed by atoms with Crippen molar-refractivity contribution >= 4 is 23.4 Å². The average molecular weight is 361 g/mol. The molecule has 1 aliphatic rings. The zero-order valence-corrected chi connectivity index (χ0v) is 14.8. The van der Waals surface area contributed by atoms with Gasteiger partial charge in [-0.15, -0.1) is 0 Å². The topological polar surface area (TPSA) is 59.6 Å². The normalized spacial score (nSPS) is 18.8. The third-order valence-corrected chi connectivity index (χ3v) is 4.54. The molecular formula is C19H21ClN2O3. The molecule has 0 saturated heterocycles. The molecule has 2 aromatic carbocycles. The van der Waals surface area contributed by atoms with Crippen molar-refractivity contribution in [1.29, 1.82) is 0 Å². The third kappa shape index (κ3) is 4.79. The van der Waals surface area contributed by atoms with Crippen LogP contribution in [0, 0.1) is 0 Å². The molecule has 0 heterocycles. The molecule has 1 aliphatic carbocycles. The highest BCUT2D eigenvalue weighted by Crippen LogP contribution is 2.31. The summed E-state index contributed by atoms with van der Waals surface area (Å²) in [4.78, 5) is 11.8. The summed E-state index contributed by atoms with van der Waals surface area (Å²) in [7, 11) is 1.62. The lowest BCUT2D eigenvalue weighted by Crippen LogP contribution is -2.49. The van der Waals surface area contributed by atoms with Crippen LogP contribution in [0.2, 0.25) is 5.02 Å². The van der Waals surface area contributed by atoms with Crippen molar-refractivity contribution in [3.63, 3.8) is 0 Å². The number of halogens is 1. The van der Waals surface area contributed by atoms with Crippen LogP contribution in [-0.2, 0) is 11.3 Å². The number of ether oxygens (including phenoxy) is 2. The molecular weight excluding hydrogens is 340 g/mol. The van der Waals surface area contributed by atoms with Crippen molar-refractivity contribution in [2.24, 2.45) is 0 Å². The van der Waals surface area contributed by atoms with E-state index in [4.69, 9.17) is 21.1 Å². The Balaban J connectivity index is 1.40. The Kier molecular flexibility index (Phi) is 5.66. The van der Waals surface area contributed by atoms with E-state index in [0.29, 0.717) is 5.02 Å². The lowest BCUT2D eigenvalue weighted by atomic mass is 9.86. The Morgan fingerprint density at radius 1 is 1.16 bits per heavy atom. The molecule has 3 rings (SSSR count).